The van der Waals surface area contributed by atoms with E-state index in [1.54, 1.807) is 13.2 Å². The third-order valence-corrected chi connectivity index (χ3v) is 2.15. The predicted molar refractivity (Wildman–Crippen MR) is 46.6 cm³/mol. The van der Waals surface area contributed by atoms with E-state index < -0.39 is 0 Å². The van der Waals surface area contributed by atoms with E-state index in [-0.39, 0.29) is 5.91 Å². The molecule has 2 N–H and O–H groups in total. The molecule has 0 saturated carbocycles. The van der Waals surface area contributed by atoms with E-state index in [4.69, 9.17) is 10.2 Å². The number of carbonyl (C=O) groups excluding carboxylic acids is 1. The van der Waals surface area contributed by atoms with Crippen molar-refractivity contribution in [1.29, 1.82) is 0 Å². The molecule has 1 aromatic heterocycles. The maximum absolute atomic E-state index is 10.4. The predicted octanol–water partition coefficient (Wildman–Crippen LogP) is 0.702. The Bertz CT molecular complexity index is 272. The number of oxazole rings is 1. The third kappa shape index (κ3) is 2.96. The van der Waals surface area contributed by atoms with Crippen LogP contribution in [0.4, 0.5) is 0 Å². The average molecular weight is 186 g/mol. The molecular formula is C7H10N2O2S. The van der Waals surface area contributed by atoms with Crippen molar-refractivity contribution in [3.05, 3.63) is 17.8 Å². The van der Waals surface area contributed by atoms with Crippen LogP contribution in [0.2, 0.25) is 0 Å². The molecule has 0 saturated heterocycles. The Labute approximate surface area is 74.5 Å². The van der Waals surface area contributed by atoms with E-state index in [9.17, 15) is 4.79 Å². The third-order valence-electron chi connectivity index (χ3n) is 1.16. The highest BCUT2D eigenvalue weighted by atomic mass is 32.2. The van der Waals surface area contributed by atoms with Crippen LogP contribution >= 0.6 is 11.8 Å². The van der Waals surface area contributed by atoms with Gasteiger partial charge in [0.15, 0.2) is 5.89 Å². The van der Waals surface area contributed by atoms with Crippen molar-refractivity contribution in [2.45, 2.75) is 12.7 Å². The molecule has 0 spiro atoms. The monoisotopic (exact) mass is 186 g/mol. The molecule has 5 heteroatoms. The summed E-state index contributed by atoms with van der Waals surface area (Å²) in [5, 5.41) is 0. The van der Waals surface area contributed by atoms with E-state index in [1.807, 2.05) is 0 Å². The van der Waals surface area contributed by atoms with Gasteiger partial charge in [-0.05, 0) is 0 Å². The summed E-state index contributed by atoms with van der Waals surface area (Å²) in [6.45, 7) is 1.78. The van der Waals surface area contributed by atoms with Crippen LogP contribution in [0.15, 0.2) is 10.7 Å². The first kappa shape index (κ1) is 9.12. The molecular weight excluding hydrogens is 176 g/mol. The second-order valence-electron chi connectivity index (χ2n) is 2.32. The Morgan fingerprint density at radius 2 is 2.58 bits per heavy atom. The number of hydrogen-bond donors (Lipinski definition) is 1. The molecule has 0 aliphatic heterocycles. The quantitative estimate of drug-likeness (QED) is 0.751. The molecule has 1 rings (SSSR count). The molecule has 0 fully saturated rings. The second-order valence-corrected chi connectivity index (χ2v) is 3.30. The second kappa shape index (κ2) is 4.15. The van der Waals surface area contributed by atoms with Crippen molar-refractivity contribution in [1.82, 2.24) is 4.98 Å². The summed E-state index contributed by atoms with van der Waals surface area (Å²) >= 11 is 1.43. The highest BCUT2D eigenvalue weighted by Gasteiger charge is 2.00. The lowest BCUT2D eigenvalue weighted by atomic mass is 10.6. The van der Waals surface area contributed by atoms with E-state index in [1.165, 1.54) is 11.8 Å². The molecule has 0 aromatic carbocycles. The minimum Gasteiger partial charge on any atom is -0.449 e. The number of nitrogens with zero attached hydrogens (tertiary/aromatic N) is 1. The fourth-order valence-corrected chi connectivity index (χ4v) is 1.38. The normalized spacial score (nSPS) is 10.1. The van der Waals surface area contributed by atoms with E-state index >= 15 is 0 Å². The van der Waals surface area contributed by atoms with Gasteiger partial charge >= 0.3 is 0 Å². The summed E-state index contributed by atoms with van der Waals surface area (Å²) < 4.78 is 4.98. The number of amides is 1. The molecule has 0 atom stereocenters. The maximum atomic E-state index is 10.4. The van der Waals surface area contributed by atoms with Crippen LogP contribution in [0, 0.1) is 6.92 Å². The number of aryl methyl sites for hydroxylation is 1. The molecule has 1 heterocycles. The smallest absolute Gasteiger partial charge is 0.227 e. The van der Waals surface area contributed by atoms with Crippen LogP contribution < -0.4 is 5.73 Å². The molecule has 1 amide bonds. The minimum atomic E-state index is -0.305. The minimum absolute atomic E-state index is 0.305. The molecule has 0 bridgehead atoms. The molecule has 66 valence electrons. The van der Waals surface area contributed by atoms with E-state index in [0.29, 0.717) is 17.4 Å². The number of primary amides is 1. The van der Waals surface area contributed by atoms with Crippen LogP contribution in [0.1, 0.15) is 11.6 Å². The van der Waals surface area contributed by atoms with E-state index in [0.717, 1.165) is 5.69 Å². The standard InChI is InChI=1S/C7H10N2O2S/c1-5-9-6(2-11-5)3-12-4-7(8)10/h2H,3-4H2,1H3,(H2,8,10). The fraction of sp³-hybridized carbons (Fsp3) is 0.429. The van der Waals surface area contributed by atoms with Crippen LogP contribution in [-0.4, -0.2) is 16.6 Å². The van der Waals surface area contributed by atoms with Gasteiger partial charge in [0.05, 0.1) is 11.4 Å². The SMILES string of the molecule is Cc1nc(CSCC(N)=O)co1. The van der Waals surface area contributed by atoms with Gasteiger partial charge in [-0.1, -0.05) is 0 Å². The topological polar surface area (TPSA) is 69.1 Å². The molecule has 0 aliphatic carbocycles. The van der Waals surface area contributed by atoms with Gasteiger partial charge in [0.2, 0.25) is 5.91 Å². The Morgan fingerprint density at radius 3 is 3.08 bits per heavy atom. The summed E-state index contributed by atoms with van der Waals surface area (Å²) in [6.07, 6.45) is 1.59. The van der Waals surface area contributed by atoms with Crippen molar-refractivity contribution in [2.75, 3.05) is 5.75 Å². The number of rotatable bonds is 4. The zero-order valence-corrected chi connectivity index (χ0v) is 7.56. The lowest BCUT2D eigenvalue weighted by Crippen LogP contribution is -2.13. The van der Waals surface area contributed by atoms with Gasteiger partial charge in [0.1, 0.15) is 6.26 Å². The Kier molecular flexibility index (Phi) is 3.16. The van der Waals surface area contributed by atoms with Crippen LogP contribution in [0.3, 0.4) is 0 Å². The highest BCUT2D eigenvalue weighted by molar-refractivity contribution is 7.99. The average Bonchev–Trinajstić information content (AvgIpc) is 2.35. The molecule has 0 radical (unpaired) electrons. The van der Waals surface area contributed by atoms with Crippen molar-refractivity contribution in [3.8, 4) is 0 Å². The molecule has 0 unspecified atom stereocenters. The van der Waals surface area contributed by atoms with Gasteiger partial charge in [0.25, 0.3) is 0 Å². The summed E-state index contributed by atoms with van der Waals surface area (Å²) in [5.41, 5.74) is 5.80. The number of hydrogen-bond acceptors (Lipinski definition) is 4. The summed E-state index contributed by atoms with van der Waals surface area (Å²) in [5.74, 6) is 1.33. The van der Waals surface area contributed by atoms with Gasteiger partial charge in [-0.25, -0.2) is 4.98 Å². The molecule has 4 nitrogen and oxygen atoms in total. The zero-order chi connectivity index (χ0) is 8.97. The largest absolute Gasteiger partial charge is 0.449 e. The number of carbonyl (C=O) groups is 1. The highest BCUT2D eigenvalue weighted by Crippen LogP contribution is 2.10. The van der Waals surface area contributed by atoms with Crippen molar-refractivity contribution >= 4 is 17.7 Å². The van der Waals surface area contributed by atoms with Gasteiger partial charge in [0, 0.05) is 12.7 Å². The van der Waals surface area contributed by atoms with E-state index in [2.05, 4.69) is 4.98 Å². The van der Waals surface area contributed by atoms with Crippen LogP contribution in [0.25, 0.3) is 0 Å². The fourth-order valence-electron chi connectivity index (χ4n) is 0.731. The maximum Gasteiger partial charge on any atom is 0.227 e. The first-order chi connectivity index (χ1) is 5.68. The lowest BCUT2D eigenvalue weighted by molar-refractivity contribution is -0.115. The van der Waals surface area contributed by atoms with Gasteiger partial charge in [-0.15, -0.1) is 11.8 Å². The van der Waals surface area contributed by atoms with Gasteiger partial charge < -0.3 is 10.2 Å². The van der Waals surface area contributed by atoms with Gasteiger partial charge in [-0.2, -0.15) is 0 Å². The summed E-state index contributed by atoms with van der Waals surface area (Å²) in [4.78, 5) is 14.4. The zero-order valence-electron chi connectivity index (χ0n) is 6.74. The molecule has 0 aliphatic rings. The van der Waals surface area contributed by atoms with Crippen molar-refractivity contribution < 1.29 is 9.21 Å². The molecule has 1 aromatic rings. The van der Waals surface area contributed by atoms with Gasteiger partial charge in [-0.3, -0.25) is 4.79 Å². The van der Waals surface area contributed by atoms with Crippen LogP contribution in [0.5, 0.6) is 0 Å². The lowest BCUT2D eigenvalue weighted by Gasteiger charge is -1.92. The number of aromatic nitrogens is 1. The first-order valence-electron chi connectivity index (χ1n) is 3.45. The Balaban J connectivity index is 2.29. The Morgan fingerprint density at radius 1 is 1.83 bits per heavy atom. The van der Waals surface area contributed by atoms with Crippen molar-refractivity contribution in [3.63, 3.8) is 0 Å². The summed E-state index contributed by atoms with van der Waals surface area (Å²) in [6, 6.07) is 0. The summed E-state index contributed by atoms with van der Waals surface area (Å²) in [7, 11) is 0. The number of thioether (sulfide) groups is 1. The number of nitrogens with two attached hydrogens (primary N) is 1. The van der Waals surface area contributed by atoms with Crippen molar-refractivity contribution in [2.24, 2.45) is 5.73 Å². The van der Waals surface area contributed by atoms with Crippen LogP contribution in [-0.2, 0) is 10.5 Å². The first-order valence-corrected chi connectivity index (χ1v) is 4.61. The Hall–Kier alpha value is -0.970. The molecule has 12 heavy (non-hydrogen) atoms.